The first-order valence-corrected chi connectivity index (χ1v) is 7.84. The number of hydrogen-bond acceptors (Lipinski definition) is 2. The summed E-state index contributed by atoms with van der Waals surface area (Å²) in [6.45, 7) is 13.1. The van der Waals surface area contributed by atoms with Crippen LogP contribution in [-0.4, -0.2) is 26.4 Å². The minimum Gasteiger partial charge on any atom is -0.381 e. The molecule has 0 aromatic heterocycles. The van der Waals surface area contributed by atoms with Crippen molar-refractivity contribution in [2.24, 2.45) is 23.7 Å². The van der Waals surface area contributed by atoms with Crippen LogP contribution in [0.4, 0.5) is 0 Å². The first-order valence-electron chi connectivity index (χ1n) is 7.84. The highest BCUT2D eigenvalue weighted by molar-refractivity contribution is 4.68. The minimum absolute atomic E-state index is 0.832. The van der Waals surface area contributed by atoms with Crippen LogP contribution in [0.1, 0.15) is 53.4 Å². The normalized spacial score (nSPS) is 36.7. The molecule has 0 aromatic carbocycles. The lowest BCUT2D eigenvalue weighted by atomic mass is 9.88. The summed E-state index contributed by atoms with van der Waals surface area (Å²) in [6.07, 6.45) is 5.08. The number of rotatable bonds is 2. The van der Waals surface area contributed by atoms with E-state index in [1.54, 1.807) is 0 Å². The Balaban J connectivity index is 0.000000180. The third-order valence-electron chi connectivity index (χ3n) is 4.76. The van der Waals surface area contributed by atoms with Crippen molar-refractivity contribution in [3.63, 3.8) is 0 Å². The van der Waals surface area contributed by atoms with Crippen LogP contribution in [0.3, 0.4) is 0 Å². The Bertz CT molecular complexity index is 183. The zero-order valence-electron chi connectivity index (χ0n) is 12.8. The van der Waals surface area contributed by atoms with Crippen molar-refractivity contribution in [3.8, 4) is 0 Å². The van der Waals surface area contributed by atoms with Crippen LogP contribution in [0.15, 0.2) is 0 Å². The van der Waals surface area contributed by atoms with E-state index < -0.39 is 0 Å². The van der Waals surface area contributed by atoms with Crippen LogP contribution < -0.4 is 0 Å². The molecule has 4 unspecified atom stereocenters. The molecule has 0 amide bonds. The van der Waals surface area contributed by atoms with Crippen LogP contribution in [0.25, 0.3) is 0 Å². The Morgan fingerprint density at radius 1 is 0.778 bits per heavy atom. The summed E-state index contributed by atoms with van der Waals surface area (Å²) in [5.41, 5.74) is 0. The van der Waals surface area contributed by atoms with E-state index in [4.69, 9.17) is 9.47 Å². The molecule has 0 radical (unpaired) electrons. The van der Waals surface area contributed by atoms with E-state index in [2.05, 4.69) is 27.7 Å². The predicted molar refractivity (Wildman–Crippen MR) is 76.8 cm³/mol. The van der Waals surface area contributed by atoms with Gasteiger partial charge in [-0.05, 0) is 36.5 Å². The number of ether oxygens (including phenoxy) is 2. The fourth-order valence-corrected chi connectivity index (χ4v) is 2.85. The topological polar surface area (TPSA) is 18.5 Å². The van der Waals surface area contributed by atoms with Gasteiger partial charge in [0.1, 0.15) is 0 Å². The molecule has 2 rings (SSSR count). The van der Waals surface area contributed by atoms with Gasteiger partial charge >= 0.3 is 0 Å². The Hall–Kier alpha value is -0.0800. The van der Waals surface area contributed by atoms with Gasteiger partial charge in [-0.3, -0.25) is 0 Å². The van der Waals surface area contributed by atoms with E-state index in [0.29, 0.717) is 0 Å². The molecule has 0 N–H and O–H groups in total. The summed E-state index contributed by atoms with van der Waals surface area (Å²) in [5.74, 6) is 3.45. The summed E-state index contributed by atoms with van der Waals surface area (Å²) >= 11 is 0. The lowest BCUT2D eigenvalue weighted by molar-refractivity contribution is 0.0213. The fraction of sp³-hybridized carbons (Fsp3) is 1.00. The van der Waals surface area contributed by atoms with Crippen molar-refractivity contribution in [2.75, 3.05) is 26.4 Å². The van der Waals surface area contributed by atoms with E-state index in [9.17, 15) is 0 Å². The molecule has 2 aliphatic heterocycles. The second-order valence-electron chi connectivity index (χ2n) is 6.02. The highest BCUT2D eigenvalue weighted by atomic mass is 16.5. The van der Waals surface area contributed by atoms with Crippen molar-refractivity contribution in [1.82, 2.24) is 0 Å². The van der Waals surface area contributed by atoms with E-state index in [0.717, 1.165) is 50.1 Å². The van der Waals surface area contributed by atoms with Crippen LogP contribution in [-0.2, 0) is 9.47 Å². The third-order valence-corrected chi connectivity index (χ3v) is 4.76. The molecular formula is C16H32O2. The highest BCUT2D eigenvalue weighted by Crippen LogP contribution is 2.23. The molecule has 4 atom stereocenters. The summed E-state index contributed by atoms with van der Waals surface area (Å²) in [7, 11) is 0. The van der Waals surface area contributed by atoms with Gasteiger partial charge in [-0.1, -0.05) is 40.5 Å². The van der Waals surface area contributed by atoms with Crippen molar-refractivity contribution in [3.05, 3.63) is 0 Å². The fourth-order valence-electron chi connectivity index (χ4n) is 2.85. The third kappa shape index (κ3) is 5.27. The summed E-state index contributed by atoms with van der Waals surface area (Å²) in [4.78, 5) is 0. The van der Waals surface area contributed by atoms with Gasteiger partial charge in [0.05, 0.1) is 0 Å². The molecule has 2 heteroatoms. The summed E-state index contributed by atoms with van der Waals surface area (Å²) in [5, 5.41) is 0. The maximum absolute atomic E-state index is 5.34. The molecule has 108 valence electrons. The van der Waals surface area contributed by atoms with Gasteiger partial charge < -0.3 is 9.47 Å². The average molecular weight is 256 g/mol. The van der Waals surface area contributed by atoms with Gasteiger partial charge in [-0.2, -0.15) is 0 Å². The molecule has 2 aliphatic rings. The minimum atomic E-state index is 0.832. The second-order valence-corrected chi connectivity index (χ2v) is 6.02. The monoisotopic (exact) mass is 256 g/mol. The van der Waals surface area contributed by atoms with Gasteiger partial charge in [0.25, 0.3) is 0 Å². The molecule has 0 aromatic rings. The molecule has 2 nitrogen and oxygen atoms in total. The lowest BCUT2D eigenvalue weighted by Gasteiger charge is -2.27. The molecule has 0 bridgehead atoms. The SMILES string of the molecule is CCC1COCCC1C.CCC1COCCC1C. The van der Waals surface area contributed by atoms with Gasteiger partial charge in [0.15, 0.2) is 0 Å². The van der Waals surface area contributed by atoms with Crippen LogP contribution in [0.2, 0.25) is 0 Å². The molecule has 0 spiro atoms. The second kappa shape index (κ2) is 8.92. The largest absolute Gasteiger partial charge is 0.381 e. The zero-order chi connectivity index (χ0) is 13.4. The van der Waals surface area contributed by atoms with Crippen LogP contribution in [0, 0.1) is 23.7 Å². The quantitative estimate of drug-likeness (QED) is 0.739. The molecule has 2 saturated heterocycles. The van der Waals surface area contributed by atoms with Gasteiger partial charge in [0, 0.05) is 26.4 Å². The van der Waals surface area contributed by atoms with Crippen molar-refractivity contribution in [1.29, 1.82) is 0 Å². The van der Waals surface area contributed by atoms with Crippen molar-refractivity contribution >= 4 is 0 Å². The molecule has 0 aliphatic carbocycles. The zero-order valence-corrected chi connectivity index (χ0v) is 12.8. The van der Waals surface area contributed by atoms with Gasteiger partial charge in [-0.25, -0.2) is 0 Å². The van der Waals surface area contributed by atoms with E-state index >= 15 is 0 Å². The maximum Gasteiger partial charge on any atom is 0.0496 e. The smallest absolute Gasteiger partial charge is 0.0496 e. The molecule has 2 fully saturated rings. The summed E-state index contributed by atoms with van der Waals surface area (Å²) < 4.78 is 10.7. The highest BCUT2D eigenvalue weighted by Gasteiger charge is 2.19. The Morgan fingerprint density at radius 2 is 1.17 bits per heavy atom. The molecule has 18 heavy (non-hydrogen) atoms. The Labute approximate surface area is 113 Å². The van der Waals surface area contributed by atoms with E-state index in [-0.39, 0.29) is 0 Å². The first-order chi connectivity index (χ1) is 8.69. The predicted octanol–water partition coefficient (Wildman–Crippen LogP) is 4.14. The summed E-state index contributed by atoms with van der Waals surface area (Å²) in [6, 6.07) is 0. The molecule has 0 saturated carbocycles. The van der Waals surface area contributed by atoms with E-state index in [1.165, 1.54) is 25.7 Å². The maximum atomic E-state index is 5.34. The van der Waals surface area contributed by atoms with Crippen molar-refractivity contribution < 1.29 is 9.47 Å². The Kier molecular flexibility index (Phi) is 7.92. The molecular weight excluding hydrogens is 224 g/mol. The van der Waals surface area contributed by atoms with Crippen LogP contribution >= 0.6 is 0 Å². The Morgan fingerprint density at radius 3 is 1.39 bits per heavy atom. The standard InChI is InChI=1S/2C8H16O/c2*1-3-8-6-9-5-4-7(8)2/h2*7-8H,3-6H2,1-2H3. The lowest BCUT2D eigenvalue weighted by Crippen LogP contribution is -2.24. The van der Waals surface area contributed by atoms with E-state index in [1.807, 2.05) is 0 Å². The van der Waals surface area contributed by atoms with Crippen molar-refractivity contribution in [2.45, 2.75) is 53.4 Å². The number of hydrogen-bond donors (Lipinski definition) is 0. The van der Waals surface area contributed by atoms with Gasteiger partial charge in [0.2, 0.25) is 0 Å². The molecule has 2 heterocycles. The van der Waals surface area contributed by atoms with Gasteiger partial charge in [-0.15, -0.1) is 0 Å². The average Bonchev–Trinajstić information content (AvgIpc) is 2.41. The van der Waals surface area contributed by atoms with Crippen LogP contribution in [0.5, 0.6) is 0 Å². The first kappa shape index (κ1) is 16.0.